The van der Waals surface area contributed by atoms with Gasteiger partial charge < -0.3 is 4.74 Å². The van der Waals surface area contributed by atoms with Crippen LogP contribution in [0.25, 0.3) is 22.1 Å². The maximum absolute atomic E-state index is 11.9. The Kier molecular flexibility index (Phi) is 5.62. The van der Waals surface area contributed by atoms with E-state index >= 15 is 0 Å². The van der Waals surface area contributed by atoms with Crippen LogP contribution in [0.3, 0.4) is 0 Å². The minimum absolute atomic E-state index is 0.105. The van der Waals surface area contributed by atoms with Gasteiger partial charge in [0.15, 0.2) is 6.29 Å². The first-order valence-corrected chi connectivity index (χ1v) is 9.80. The van der Waals surface area contributed by atoms with E-state index in [9.17, 15) is 4.79 Å². The van der Waals surface area contributed by atoms with Gasteiger partial charge in [-0.3, -0.25) is 4.79 Å². The standard InChI is InChI=1S/C24H24O2S/c1-24(2,3)20-10-7-17(8-11-20)14-19(16-25)21-15-18(9-12-22(21)26-4)23-6-5-13-27-23/h5-16H,1-4H3. The largest absolute Gasteiger partial charge is 0.496 e. The van der Waals surface area contributed by atoms with Crippen LogP contribution < -0.4 is 4.74 Å². The maximum Gasteiger partial charge on any atom is 0.150 e. The van der Waals surface area contributed by atoms with Crippen LogP contribution in [-0.2, 0) is 10.2 Å². The van der Waals surface area contributed by atoms with Gasteiger partial charge in [-0.05, 0) is 57.8 Å². The third kappa shape index (κ3) is 4.37. The topological polar surface area (TPSA) is 26.3 Å². The van der Waals surface area contributed by atoms with E-state index in [1.54, 1.807) is 18.4 Å². The maximum atomic E-state index is 11.9. The molecule has 0 radical (unpaired) electrons. The molecule has 0 amide bonds. The second-order valence-corrected chi connectivity index (χ2v) is 8.43. The van der Waals surface area contributed by atoms with Gasteiger partial charge in [-0.25, -0.2) is 0 Å². The Balaban J connectivity index is 2.03. The highest BCUT2D eigenvalue weighted by Crippen LogP contribution is 2.33. The molecule has 3 heteroatoms. The van der Waals surface area contributed by atoms with E-state index in [0.717, 1.165) is 23.0 Å². The minimum Gasteiger partial charge on any atom is -0.496 e. The van der Waals surface area contributed by atoms with E-state index in [1.165, 1.54) is 10.4 Å². The molecule has 0 spiro atoms. The molecule has 2 nitrogen and oxygen atoms in total. The SMILES string of the molecule is COc1ccc(-c2cccs2)cc1C(C=O)=Cc1ccc(C(C)(C)C)cc1. The smallest absolute Gasteiger partial charge is 0.150 e. The number of carbonyl (C=O) groups is 1. The van der Waals surface area contributed by atoms with E-state index < -0.39 is 0 Å². The van der Waals surface area contributed by atoms with Crippen LogP contribution in [-0.4, -0.2) is 13.4 Å². The fourth-order valence-corrected chi connectivity index (χ4v) is 3.69. The number of hydrogen-bond donors (Lipinski definition) is 0. The summed E-state index contributed by atoms with van der Waals surface area (Å²) in [6.07, 6.45) is 2.81. The van der Waals surface area contributed by atoms with Crippen molar-refractivity contribution >= 4 is 29.3 Å². The van der Waals surface area contributed by atoms with Crippen molar-refractivity contribution in [3.05, 3.63) is 76.7 Å². The lowest BCUT2D eigenvalue weighted by Crippen LogP contribution is -2.10. The molecule has 138 valence electrons. The Hall–Kier alpha value is -2.65. The molecule has 0 saturated carbocycles. The van der Waals surface area contributed by atoms with Gasteiger partial charge in [-0.2, -0.15) is 0 Å². The summed E-state index contributed by atoms with van der Waals surface area (Å²) >= 11 is 1.68. The molecular weight excluding hydrogens is 352 g/mol. The van der Waals surface area contributed by atoms with Gasteiger partial charge in [0, 0.05) is 16.0 Å². The summed E-state index contributed by atoms with van der Waals surface area (Å²) < 4.78 is 5.51. The molecule has 3 aromatic rings. The van der Waals surface area contributed by atoms with Crippen LogP contribution in [0.4, 0.5) is 0 Å². The van der Waals surface area contributed by atoms with Gasteiger partial charge in [-0.15, -0.1) is 11.3 Å². The molecule has 0 aliphatic rings. The van der Waals surface area contributed by atoms with Crippen LogP contribution in [0.5, 0.6) is 5.75 Å². The molecule has 0 aliphatic carbocycles. The predicted octanol–water partition coefficient (Wildman–Crippen LogP) is 6.46. The van der Waals surface area contributed by atoms with Crippen molar-refractivity contribution in [1.82, 2.24) is 0 Å². The third-order valence-corrected chi connectivity index (χ3v) is 5.46. The van der Waals surface area contributed by atoms with Gasteiger partial charge in [0.25, 0.3) is 0 Å². The Bertz CT molecular complexity index is 943. The average Bonchev–Trinajstić information content (AvgIpc) is 3.20. The lowest BCUT2D eigenvalue weighted by molar-refractivity contribution is -0.103. The predicted molar refractivity (Wildman–Crippen MR) is 115 cm³/mol. The van der Waals surface area contributed by atoms with Gasteiger partial charge >= 0.3 is 0 Å². The Morgan fingerprint density at radius 3 is 2.33 bits per heavy atom. The summed E-state index contributed by atoms with van der Waals surface area (Å²) in [7, 11) is 1.63. The van der Waals surface area contributed by atoms with E-state index in [-0.39, 0.29) is 5.41 Å². The van der Waals surface area contributed by atoms with Gasteiger partial charge in [0.1, 0.15) is 5.75 Å². The monoisotopic (exact) mass is 376 g/mol. The van der Waals surface area contributed by atoms with Crippen LogP contribution in [0, 0.1) is 0 Å². The molecule has 3 rings (SSSR count). The number of benzene rings is 2. The minimum atomic E-state index is 0.105. The Labute approximate surface area is 165 Å². The molecule has 27 heavy (non-hydrogen) atoms. The number of ether oxygens (including phenoxy) is 1. The number of methoxy groups -OCH3 is 1. The van der Waals surface area contributed by atoms with Gasteiger partial charge in [0.2, 0.25) is 0 Å². The Morgan fingerprint density at radius 2 is 1.78 bits per heavy atom. The van der Waals surface area contributed by atoms with E-state index in [1.807, 2.05) is 35.7 Å². The summed E-state index contributed by atoms with van der Waals surface area (Å²) in [5, 5.41) is 2.05. The zero-order chi connectivity index (χ0) is 19.4. The number of aldehydes is 1. The first-order valence-electron chi connectivity index (χ1n) is 8.92. The van der Waals surface area contributed by atoms with Crippen molar-refractivity contribution < 1.29 is 9.53 Å². The van der Waals surface area contributed by atoms with Crippen molar-refractivity contribution in [2.75, 3.05) is 7.11 Å². The molecule has 0 unspecified atom stereocenters. The normalized spacial score (nSPS) is 12.1. The number of allylic oxidation sites excluding steroid dienone is 1. The third-order valence-electron chi connectivity index (χ3n) is 4.54. The van der Waals surface area contributed by atoms with Crippen molar-refractivity contribution in [2.24, 2.45) is 0 Å². The Morgan fingerprint density at radius 1 is 1.04 bits per heavy atom. The lowest BCUT2D eigenvalue weighted by Gasteiger charge is -2.18. The average molecular weight is 377 g/mol. The highest BCUT2D eigenvalue weighted by molar-refractivity contribution is 7.13. The molecule has 0 atom stereocenters. The molecule has 0 saturated heterocycles. The van der Waals surface area contributed by atoms with Crippen LogP contribution >= 0.6 is 11.3 Å². The number of hydrogen-bond acceptors (Lipinski definition) is 3. The molecular formula is C24H24O2S. The second-order valence-electron chi connectivity index (χ2n) is 7.48. The van der Waals surface area contributed by atoms with Gasteiger partial charge in [-0.1, -0.05) is 51.1 Å². The number of thiophene rings is 1. The lowest BCUT2D eigenvalue weighted by atomic mass is 9.86. The molecule has 0 N–H and O–H groups in total. The molecule has 0 bridgehead atoms. The molecule has 0 fully saturated rings. The zero-order valence-corrected chi connectivity index (χ0v) is 17.0. The fraction of sp³-hybridized carbons (Fsp3) is 0.208. The zero-order valence-electron chi connectivity index (χ0n) is 16.2. The molecule has 1 aromatic heterocycles. The molecule has 0 aliphatic heterocycles. The quantitative estimate of drug-likeness (QED) is 0.290. The molecule has 1 heterocycles. The summed E-state index contributed by atoms with van der Waals surface area (Å²) in [5.74, 6) is 0.694. The van der Waals surface area contributed by atoms with E-state index in [0.29, 0.717) is 11.3 Å². The van der Waals surface area contributed by atoms with E-state index in [4.69, 9.17) is 4.74 Å². The summed E-state index contributed by atoms with van der Waals surface area (Å²) in [6, 6.07) is 18.4. The van der Waals surface area contributed by atoms with Crippen molar-refractivity contribution in [2.45, 2.75) is 26.2 Å². The summed E-state index contributed by atoms with van der Waals surface area (Å²) in [6.45, 7) is 6.57. The van der Waals surface area contributed by atoms with Crippen molar-refractivity contribution in [1.29, 1.82) is 0 Å². The van der Waals surface area contributed by atoms with E-state index in [2.05, 4.69) is 51.1 Å². The molecule has 2 aromatic carbocycles. The van der Waals surface area contributed by atoms with Crippen molar-refractivity contribution in [3.8, 4) is 16.2 Å². The summed E-state index contributed by atoms with van der Waals surface area (Å²) in [5.41, 5.74) is 4.86. The number of carbonyl (C=O) groups excluding carboxylic acids is 1. The van der Waals surface area contributed by atoms with Crippen LogP contribution in [0.2, 0.25) is 0 Å². The fourth-order valence-electron chi connectivity index (χ4n) is 2.96. The van der Waals surface area contributed by atoms with Crippen LogP contribution in [0.15, 0.2) is 60.0 Å². The van der Waals surface area contributed by atoms with Crippen LogP contribution in [0.1, 0.15) is 37.5 Å². The highest BCUT2D eigenvalue weighted by Gasteiger charge is 2.14. The first-order chi connectivity index (χ1) is 12.9. The summed E-state index contributed by atoms with van der Waals surface area (Å²) in [4.78, 5) is 13.0. The van der Waals surface area contributed by atoms with Crippen molar-refractivity contribution in [3.63, 3.8) is 0 Å². The first kappa shape index (κ1) is 19.1. The van der Waals surface area contributed by atoms with Gasteiger partial charge in [0.05, 0.1) is 7.11 Å². The second kappa shape index (κ2) is 7.93. The number of rotatable bonds is 5. The highest BCUT2D eigenvalue weighted by atomic mass is 32.1.